The first-order chi connectivity index (χ1) is 11.6. The van der Waals surface area contributed by atoms with Crippen LogP contribution in [-0.2, 0) is 20.9 Å². The van der Waals surface area contributed by atoms with Gasteiger partial charge in [0.1, 0.15) is 0 Å². The lowest BCUT2D eigenvalue weighted by atomic mass is 10.2. The number of morpholine rings is 1. The molecule has 2 amide bonds. The molecule has 1 fully saturated rings. The van der Waals surface area contributed by atoms with Gasteiger partial charge in [-0.25, -0.2) is 0 Å². The van der Waals surface area contributed by atoms with Gasteiger partial charge in [0.2, 0.25) is 11.8 Å². The Morgan fingerprint density at radius 2 is 2.08 bits per heavy atom. The van der Waals surface area contributed by atoms with Gasteiger partial charge in [-0.3, -0.25) is 14.3 Å². The summed E-state index contributed by atoms with van der Waals surface area (Å²) in [6, 6.07) is 6.11. The maximum absolute atomic E-state index is 12.0. The summed E-state index contributed by atoms with van der Waals surface area (Å²) >= 11 is 0. The summed E-state index contributed by atoms with van der Waals surface area (Å²) in [6.45, 7) is 4.87. The number of amides is 2. The SMILES string of the molecule is Cc1ccc2c(cnn2CCC(=O)NCC(=O)N2CCOCC2)c1. The molecule has 7 heteroatoms. The van der Waals surface area contributed by atoms with Crippen LogP contribution in [0, 0.1) is 6.92 Å². The molecule has 0 radical (unpaired) electrons. The van der Waals surface area contributed by atoms with Crippen molar-refractivity contribution in [1.82, 2.24) is 20.0 Å². The minimum absolute atomic E-state index is 0.0396. The van der Waals surface area contributed by atoms with E-state index < -0.39 is 0 Å². The molecule has 24 heavy (non-hydrogen) atoms. The van der Waals surface area contributed by atoms with Gasteiger partial charge in [0, 0.05) is 24.9 Å². The molecule has 0 aliphatic carbocycles. The number of carbonyl (C=O) groups excluding carboxylic acids is 2. The molecule has 128 valence electrons. The number of fused-ring (bicyclic) bond motifs is 1. The molecule has 1 N–H and O–H groups in total. The van der Waals surface area contributed by atoms with Crippen molar-refractivity contribution in [2.45, 2.75) is 19.9 Å². The van der Waals surface area contributed by atoms with Gasteiger partial charge in [0.05, 0.1) is 38.0 Å². The van der Waals surface area contributed by atoms with Crippen LogP contribution < -0.4 is 5.32 Å². The van der Waals surface area contributed by atoms with Crippen LogP contribution in [0.15, 0.2) is 24.4 Å². The van der Waals surface area contributed by atoms with E-state index in [4.69, 9.17) is 4.74 Å². The normalized spacial score (nSPS) is 14.8. The third-order valence-corrected chi connectivity index (χ3v) is 4.15. The van der Waals surface area contributed by atoms with E-state index in [1.54, 1.807) is 4.90 Å². The number of ether oxygens (including phenoxy) is 1. The Hall–Kier alpha value is -2.41. The van der Waals surface area contributed by atoms with Gasteiger partial charge >= 0.3 is 0 Å². The summed E-state index contributed by atoms with van der Waals surface area (Å²) in [5.41, 5.74) is 2.19. The fourth-order valence-corrected chi connectivity index (χ4v) is 2.78. The number of benzene rings is 1. The predicted molar refractivity (Wildman–Crippen MR) is 89.5 cm³/mol. The van der Waals surface area contributed by atoms with Crippen molar-refractivity contribution in [3.05, 3.63) is 30.0 Å². The largest absolute Gasteiger partial charge is 0.378 e. The minimum atomic E-state index is -0.146. The summed E-state index contributed by atoms with van der Waals surface area (Å²) in [4.78, 5) is 25.7. The summed E-state index contributed by atoms with van der Waals surface area (Å²) in [5.74, 6) is -0.209. The number of nitrogens with zero attached hydrogens (tertiary/aromatic N) is 3. The van der Waals surface area contributed by atoms with Gasteiger partial charge < -0.3 is 15.0 Å². The van der Waals surface area contributed by atoms with E-state index in [0.717, 1.165) is 10.9 Å². The second-order valence-corrected chi connectivity index (χ2v) is 5.95. The van der Waals surface area contributed by atoms with E-state index in [1.807, 2.05) is 29.9 Å². The fourth-order valence-electron chi connectivity index (χ4n) is 2.78. The Morgan fingerprint density at radius 3 is 2.88 bits per heavy atom. The molecular weight excluding hydrogens is 308 g/mol. The Morgan fingerprint density at radius 1 is 1.29 bits per heavy atom. The van der Waals surface area contributed by atoms with Crippen LogP contribution in [0.2, 0.25) is 0 Å². The summed E-state index contributed by atoms with van der Waals surface area (Å²) < 4.78 is 7.02. The quantitative estimate of drug-likeness (QED) is 0.876. The average Bonchev–Trinajstić information content (AvgIpc) is 3.00. The van der Waals surface area contributed by atoms with Crippen molar-refractivity contribution in [3.8, 4) is 0 Å². The van der Waals surface area contributed by atoms with Crippen molar-refractivity contribution in [1.29, 1.82) is 0 Å². The number of rotatable bonds is 5. The fraction of sp³-hybridized carbons (Fsp3) is 0.471. The van der Waals surface area contributed by atoms with Gasteiger partial charge in [-0.15, -0.1) is 0 Å². The molecule has 2 aromatic rings. The van der Waals surface area contributed by atoms with Crippen molar-refractivity contribution in [2.24, 2.45) is 0 Å². The molecule has 3 rings (SSSR count). The number of aryl methyl sites for hydroxylation is 2. The van der Waals surface area contributed by atoms with Crippen LogP contribution in [0.5, 0.6) is 0 Å². The van der Waals surface area contributed by atoms with E-state index in [2.05, 4.69) is 16.5 Å². The zero-order valence-electron chi connectivity index (χ0n) is 13.8. The molecule has 1 aliphatic heterocycles. The second kappa shape index (κ2) is 7.44. The molecule has 1 aliphatic rings. The Balaban J connectivity index is 1.47. The smallest absolute Gasteiger partial charge is 0.242 e. The van der Waals surface area contributed by atoms with Crippen molar-refractivity contribution < 1.29 is 14.3 Å². The van der Waals surface area contributed by atoms with Gasteiger partial charge in [-0.05, 0) is 19.1 Å². The van der Waals surface area contributed by atoms with Crippen LogP contribution in [0.1, 0.15) is 12.0 Å². The zero-order chi connectivity index (χ0) is 16.9. The number of aromatic nitrogens is 2. The molecule has 1 aromatic carbocycles. The van der Waals surface area contributed by atoms with E-state index >= 15 is 0 Å². The van der Waals surface area contributed by atoms with E-state index in [9.17, 15) is 9.59 Å². The topological polar surface area (TPSA) is 76.5 Å². The second-order valence-electron chi connectivity index (χ2n) is 5.95. The molecule has 0 spiro atoms. The van der Waals surface area contributed by atoms with Gasteiger partial charge in [-0.1, -0.05) is 11.6 Å². The number of hydrogen-bond acceptors (Lipinski definition) is 4. The first kappa shape index (κ1) is 16.4. The molecule has 0 atom stereocenters. The first-order valence-corrected chi connectivity index (χ1v) is 8.18. The lowest BCUT2D eigenvalue weighted by molar-refractivity contribution is -0.136. The van der Waals surface area contributed by atoms with Gasteiger partial charge in [0.15, 0.2) is 0 Å². The summed E-state index contributed by atoms with van der Waals surface area (Å²) in [6.07, 6.45) is 2.10. The third kappa shape index (κ3) is 3.91. The van der Waals surface area contributed by atoms with Crippen molar-refractivity contribution in [3.63, 3.8) is 0 Å². The molecule has 0 bridgehead atoms. The Labute approximate surface area is 140 Å². The zero-order valence-corrected chi connectivity index (χ0v) is 13.8. The predicted octanol–water partition coefficient (Wildman–Crippen LogP) is 0.710. The summed E-state index contributed by atoms with van der Waals surface area (Å²) in [5, 5.41) is 8.08. The third-order valence-electron chi connectivity index (χ3n) is 4.15. The molecule has 1 aromatic heterocycles. The molecular formula is C17H22N4O3. The van der Waals surface area contributed by atoms with Crippen LogP contribution in [-0.4, -0.2) is 59.3 Å². The minimum Gasteiger partial charge on any atom is -0.378 e. The van der Waals surface area contributed by atoms with Crippen LogP contribution >= 0.6 is 0 Å². The standard InChI is InChI=1S/C17H22N4O3/c1-13-2-3-15-14(10-13)11-19-21(15)5-4-16(22)18-12-17(23)20-6-8-24-9-7-20/h2-3,10-11H,4-9,12H2,1H3,(H,18,22). The van der Waals surface area contributed by atoms with Crippen LogP contribution in [0.3, 0.4) is 0 Å². The molecule has 0 saturated carbocycles. The van der Waals surface area contributed by atoms with Gasteiger partial charge in [-0.2, -0.15) is 5.10 Å². The van der Waals surface area contributed by atoms with Gasteiger partial charge in [0.25, 0.3) is 0 Å². The lowest BCUT2D eigenvalue weighted by Crippen LogP contribution is -2.45. The van der Waals surface area contributed by atoms with E-state index in [-0.39, 0.29) is 18.4 Å². The van der Waals surface area contributed by atoms with Crippen molar-refractivity contribution >= 4 is 22.7 Å². The highest BCUT2D eigenvalue weighted by atomic mass is 16.5. The van der Waals surface area contributed by atoms with E-state index in [0.29, 0.717) is 39.3 Å². The lowest BCUT2D eigenvalue weighted by Gasteiger charge is -2.26. The highest BCUT2D eigenvalue weighted by Gasteiger charge is 2.17. The number of hydrogen-bond donors (Lipinski definition) is 1. The molecule has 2 heterocycles. The molecule has 1 saturated heterocycles. The number of carbonyl (C=O) groups is 2. The first-order valence-electron chi connectivity index (χ1n) is 8.18. The monoisotopic (exact) mass is 330 g/mol. The summed E-state index contributed by atoms with van der Waals surface area (Å²) in [7, 11) is 0. The van der Waals surface area contributed by atoms with E-state index in [1.165, 1.54) is 5.56 Å². The average molecular weight is 330 g/mol. The molecule has 0 unspecified atom stereocenters. The Kier molecular flexibility index (Phi) is 5.10. The Bertz CT molecular complexity index is 735. The highest BCUT2D eigenvalue weighted by Crippen LogP contribution is 2.15. The maximum Gasteiger partial charge on any atom is 0.242 e. The maximum atomic E-state index is 12.0. The highest BCUT2D eigenvalue weighted by molar-refractivity contribution is 5.85. The van der Waals surface area contributed by atoms with Crippen LogP contribution in [0.25, 0.3) is 10.9 Å². The number of nitrogens with one attached hydrogen (secondary N) is 1. The van der Waals surface area contributed by atoms with Crippen LogP contribution in [0.4, 0.5) is 0 Å². The van der Waals surface area contributed by atoms with Crippen molar-refractivity contribution in [2.75, 3.05) is 32.8 Å². The molecule has 7 nitrogen and oxygen atoms in total.